The first-order chi connectivity index (χ1) is 39.4. The topological polar surface area (TPSA) is 530 Å². The van der Waals surface area contributed by atoms with Gasteiger partial charge in [0.1, 0.15) is 60.1 Å². The molecule has 0 saturated carbocycles. The van der Waals surface area contributed by atoms with Crippen LogP contribution in [0.5, 0.6) is 5.75 Å². The normalized spacial score (nSPS) is 15.3. The quantitative estimate of drug-likeness (QED) is 0.0301. The highest BCUT2D eigenvalue weighted by Gasteiger charge is 2.36. The van der Waals surface area contributed by atoms with Crippen molar-refractivity contribution in [2.24, 2.45) is 17.6 Å². The number of nitrogens with two attached hydrogens (primary N) is 1. The van der Waals surface area contributed by atoms with Crippen molar-refractivity contribution in [1.29, 1.82) is 0 Å². The fraction of sp³-hybridized carbons (Fsp3) is 0.569. The minimum absolute atomic E-state index is 0.0113. The molecule has 20 N–H and O–H groups in total. The number of phenolic OH excluding ortho intramolecular Hbond substituents is 1. The van der Waals surface area contributed by atoms with Crippen molar-refractivity contribution in [1.82, 2.24) is 68.5 Å². The number of H-pyrrole nitrogens is 1. The summed E-state index contributed by atoms with van der Waals surface area (Å²) >= 11 is 0. The van der Waals surface area contributed by atoms with Crippen LogP contribution < -0.4 is 64.2 Å². The molecular weight excluding hydrogens is 1110 g/mol. The predicted molar refractivity (Wildman–Crippen MR) is 291 cm³/mol. The minimum atomic E-state index is -1.86. The number of carboxylic acid groups (broad SMARTS) is 2. The van der Waals surface area contributed by atoms with Gasteiger partial charge in [0.05, 0.1) is 56.9 Å². The van der Waals surface area contributed by atoms with Gasteiger partial charge in [0.25, 0.3) is 0 Å². The van der Waals surface area contributed by atoms with E-state index in [0.29, 0.717) is 5.56 Å². The van der Waals surface area contributed by atoms with Gasteiger partial charge < -0.3 is 99.8 Å². The molecule has 0 aliphatic heterocycles. The largest absolute Gasteiger partial charge is 0.508 e. The lowest BCUT2D eigenvalue weighted by Crippen LogP contribution is -2.60. The third kappa shape index (κ3) is 24.7. The van der Waals surface area contributed by atoms with Crippen molar-refractivity contribution in [2.75, 3.05) is 26.3 Å². The Bertz CT molecular complexity index is 2600. The summed E-state index contributed by atoms with van der Waals surface area (Å²) in [6.45, 7) is 6.34. The molecule has 1 aromatic heterocycles. The van der Waals surface area contributed by atoms with Gasteiger partial charge in [0.2, 0.25) is 65.0 Å². The van der Waals surface area contributed by atoms with Gasteiger partial charge in [-0.1, -0.05) is 46.2 Å². The first-order valence-corrected chi connectivity index (χ1v) is 26.5. The molecule has 0 unspecified atom stereocenters. The highest BCUT2D eigenvalue weighted by molar-refractivity contribution is 5.99. The van der Waals surface area contributed by atoms with Crippen LogP contribution in [0, 0.1) is 11.8 Å². The number of rotatable bonds is 36. The van der Waals surface area contributed by atoms with Crippen molar-refractivity contribution in [2.45, 2.75) is 147 Å². The van der Waals surface area contributed by atoms with Gasteiger partial charge in [-0.05, 0) is 63.1 Å². The summed E-state index contributed by atoms with van der Waals surface area (Å²) in [6, 6.07) is -9.39. The molecule has 0 saturated heterocycles. The second-order valence-corrected chi connectivity index (χ2v) is 20.1. The Hall–Kier alpha value is -8.82. The van der Waals surface area contributed by atoms with Crippen molar-refractivity contribution < 1.29 is 93.0 Å². The Morgan fingerprint density at radius 3 is 1.55 bits per heavy atom. The molecule has 0 aliphatic rings. The fourth-order valence-electron chi connectivity index (χ4n) is 7.55. The van der Waals surface area contributed by atoms with Gasteiger partial charge in [-0.15, -0.1) is 0 Å². The Labute approximate surface area is 481 Å². The zero-order valence-electron chi connectivity index (χ0n) is 47.3. The number of nitrogens with zero attached hydrogens (tertiary/aromatic N) is 1. The SMILES string of the molecule is CC[C@H](C)[C@H](NC(=O)CNC(=O)[C@H](CO)NC(=O)[C@H](CC(=O)O)NC(=O)[C@H](CC(C)C)NC(=O)[C@@H](N)Cc1ccc(O)cc1)C(=O)N[C@@H](Cc1c[nH]cn1)C(=O)N[C@@H](CO)C(=O)NCC(=O)N[C@@H](C)C(=O)N[C@H](C(=O)N[C@@H](C)C(=O)O)[C@@H](C)O. The highest BCUT2D eigenvalue weighted by atomic mass is 16.4. The van der Waals surface area contributed by atoms with Crippen LogP contribution >= 0.6 is 0 Å². The molecule has 0 bridgehead atoms. The van der Waals surface area contributed by atoms with Crippen LogP contribution in [-0.4, -0.2) is 210 Å². The number of amides is 11. The summed E-state index contributed by atoms with van der Waals surface area (Å²) in [6.07, 6.45) is 0.0939. The van der Waals surface area contributed by atoms with Crippen LogP contribution in [0.1, 0.15) is 79.0 Å². The number of nitrogens with one attached hydrogen (secondary N) is 12. The summed E-state index contributed by atoms with van der Waals surface area (Å²) in [5.41, 5.74) is 6.91. The fourth-order valence-corrected chi connectivity index (χ4v) is 7.55. The van der Waals surface area contributed by atoms with Gasteiger partial charge in [0, 0.05) is 12.6 Å². The maximum absolute atomic E-state index is 13.9. The molecule has 2 rings (SSSR count). The number of carbonyl (C=O) groups is 13. The van der Waals surface area contributed by atoms with Crippen LogP contribution in [0.3, 0.4) is 0 Å². The van der Waals surface area contributed by atoms with Crippen molar-refractivity contribution in [3.8, 4) is 5.75 Å². The molecule has 2 aromatic rings. The molecule has 0 fully saturated rings. The number of aromatic hydroxyl groups is 1. The third-order valence-electron chi connectivity index (χ3n) is 12.5. The first-order valence-electron chi connectivity index (χ1n) is 26.5. The number of phenols is 1. The molecule has 0 radical (unpaired) electrons. The third-order valence-corrected chi connectivity index (χ3v) is 12.5. The summed E-state index contributed by atoms with van der Waals surface area (Å²) in [5, 5.41) is 83.4. The number of hydrogen-bond acceptors (Lipinski definition) is 19. The number of benzene rings is 1. The molecule has 33 heteroatoms. The molecule has 0 spiro atoms. The van der Waals surface area contributed by atoms with Crippen LogP contribution in [-0.2, 0) is 75.2 Å². The number of aliphatic hydroxyl groups excluding tert-OH is 3. The number of hydrogen-bond donors (Lipinski definition) is 19. The number of aromatic amines is 1. The van der Waals surface area contributed by atoms with Crippen LogP contribution in [0.4, 0.5) is 0 Å². The number of aromatic nitrogens is 2. The Kier molecular flexibility index (Phi) is 29.9. The molecule has 12 atom stereocenters. The van der Waals surface area contributed by atoms with E-state index in [2.05, 4.69) is 68.5 Å². The van der Waals surface area contributed by atoms with Crippen molar-refractivity contribution in [3.05, 3.63) is 48.0 Å². The van der Waals surface area contributed by atoms with Crippen molar-refractivity contribution in [3.63, 3.8) is 0 Å². The van der Waals surface area contributed by atoms with E-state index in [1.807, 2.05) is 0 Å². The Balaban J connectivity index is 2.12. The summed E-state index contributed by atoms with van der Waals surface area (Å²) in [4.78, 5) is 175. The van der Waals surface area contributed by atoms with Gasteiger partial charge >= 0.3 is 11.9 Å². The van der Waals surface area contributed by atoms with E-state index < -0.39 is 182 Å². The number of aliphatic carboxylic acids is 2. The molecule has 33 nitrogen and oxygen atoms in total. The number of carbonyl (C=O) groups excluding carboxylic acids is 11. The Morgan fingerprint density at radius 2 is 1.06 bits per heavy atom. The van der Waals surface area contributed by atoms with Gasteiger partial charge in [-0.2, -0.15) is 0 Å². The maximum atomic E-state index is 13.9. The number of imidazole rings is 1. The Morgan fingerprint density at radius 1 is 0.560 bits per heavy atom. The zero-order valence-corrected chi connectivity index (χ0v) is 47.3. The summed E-state index contributed by atoms with van der Waals surface area (Å²) in [7, 11) is 0. The lowest BCUT2D eigenvalue weighted by Gasteiger charge is -2.27. The van der Waals surface area contributed by atoms with E-state index in [4.69, 9.17) is 10.8 Å². The number of aliphatic hydroxyl groups is 3. The van der Waals surface area contributed by atoms with E-state index in [-0.39, 0.29) is 43.0 Å². The van der Waals surface area contributed by atoms with E-state index in [1.165, 1.54) is 31.6 Å². The van der Waals surface area contributed by atoms with E-state index >= 15 is 0 Å². The molecular formula is C51H78N14O19. The lowest BCUT2D eigenvalue weighted by atomic mass is 9.97. The molecule has 84 heavy (non-hydrogen) atoms. The summed E-state index contributed by atoms with van der Waals surface area (Å²) < 4.78 is 0. The predicted octanol–water partition coefficient (Wildman–Crippen LogP) is -7.12. The smallest absolute Gasteiger partial charge is 0.325 e. The number of carboxylic acids is 2. The van der Waals surface area contributed by atoms with Crippen LogP contribution in [0.2, 0.25) is 0 Å². The standard InChI is InChI=1S/C51H78N14O19/c1-8-24(4)40(64-38(71)19-55-45(77)36(21-67)63-48(80)34(16-39(72)73)60-46(78)32(13-23(2)3)59-43(75)31(52)14-28-9-11-30(69)12-10-28)49(81)61-33(15-29-17-53-22-56-29)47(79)62-35(20-66)44(76)54-18-37(70)57-25(5)42(74)65-41(27(7)68)50(82)58-26(6)51(83)84/h9-12,17,22-27,31-36,40-41,66-69H,8,13-16,18-21,52H2,1-7H3,(H,53,56)(H,54,76)(H,55,77)(H,57,70)(H,58,82)(H,59,75)(H,60,78)(H,61,81)(H,62,79)(H,63,80)(H,64,71)(H,65,74)(H,72,73)(H,83,84)/t24-,25-,26-,27+,31-,32-,33-,34-,35-,36-,40-,41-/m0/s1. The lowest BCUT2D eigenvalue weighted by molar-refractivity contribution is -0.142. The van der Waals surface area contributed by atoms with Crippen molar-refractivity contribution >= 4 is 76.9 Å². The van der Waals surface area contributed by atoms with Gasteiger partial charge in [-0.25, -0.2) is 4.98 Å². The van der Waals surface area contributed by atoms with Crippen LogP contribution in [0.25, 0.3) is 0 Å². The molecule has 11 amide bonds. The second-order valence-electron chi connectivity index (χ2n) is 20.1. The van der Waals surface area contributed by atoms with Gasteiger partial charge in [-0.3, -0.25) is 62.3 Å². The molecule has 1 aromatic carbocycles. The van der Waals surface area contributed by atoms with Crippen LogP contribution in [0.15, 0.2) is 36.8 Å². The maximum Gasteiger partial charge on any atom is 0.325 e. The van der Waals surface area contributed by atoms with E-state index in [1.54, 1.807) is 39.8 Å². The average molecular weight is 1190 g/mol. The van der Waals surface area contributed by atoms with Gasteiger partial charge in [0.15, 0.2) is 0 Å². The minimum Gasteiger partial charge on any atom is -0.508 e. The monoisotopic (exact) mass is 1190 g/mol. The summed E-state index contributed by atoms with van der Waals surface area (Å²) in [5.74, 6) is -15.1. The molecule has 466 valence electrons. The highest BCUT2D eigenvalue weighted by Crippen LogP contribution is 2.13. The second kappa shape index (κ2) is 35.2. The average Bonchev–Trinajstić information content (AvgIpc) is 4.09. The zero-order chi connectivity index (χ0) is 63.5. The molecule has 0 aliphatic carbocycles. The molecule has 1 heterocycles. The van der Waals surface area contributed by atoms with E-state index in [9.17, 15) is 87.9 Å². The van der Waals surface area contributed by atoms with E-state index in [0.717, 1.165) is 13.8 Å². The first kappa shape index (κ1) is 71.3.